The molecule has 0 fully saturated rings. The van der Waals surface area contributed by atoms with Gasteiger partial charge < -0.3 is 9.80 Å². The largest absolute Gasteiger partial charge is 0.349 e. The highest BCUT2D eigenvalue weighted by atomic mass is 15.4. The van der Waals surface area contributed by atoms with Crippen LogP contribution >= 0.6 is 0 Å². The second-order valence-corrected chi connectivity index (χ2v) is 8.96. The fourth-order valence-electron chi connectivity index (χ4n) is 4.93. The van der Waals surface area contributed by atoms with Crippen LogP contribution < -0.4 is 9.80 Å². The number of benzene rings is 4. The lowest BCUT2D eigenvalue weighted by Crippen LogP contribution is -2.46. The van der Waals surface area contributed by atoms with Crippen LogP contribution in [-0.2, 0) is 13.1 Å². The van der Waals surface area contributed by atoms with E-state index in [4.69, 9.17) is 0 Å². The summed E-state index contributed by atoms with van der Waals surface area (Å²) in [5, 5.41) is 0. The molecule has 0 amide bonds. The average molecular weight is 403 g/mol. The first-order chi connectivity index (χ1) is 15.1. The van der Waals surface area contributed by atoms with Crippen LogP contribution in [0.1, 0.15) is 22.3 Å². The third-order valence-electron chi connectivity index (χ3n) is 6.67. The van der Waals surface area contributed by atoms with E-state index < -0.39 is 0 Å². The summed E-state index contributed by atoms with van der Waals surface area (Å²) in [4.78, 5) is 5.03. The van der Waals surface area contributed by atoms with Crippen molar-refractivity contribution < 1.29 is 0 Å². The fourth-order valence-corrected chi connectivity index (χ4v) is 4.93. The van der Waals surface area contributed by atoms with E-state index in [0.29, 0.717) is 0 Å². The lowest BCUT2D eigenvalue weighted by molar-refractivity contribution is 0.651. The van der Waals surface area contributed by atoms with Gasteiger partial charge in [0.25, 0.3) is 0 Å². The van der Waals surface area contributed by atoms with E-state index in [-0.39, 0.29) is 0 Å². The van der Waals surface area contributed by atoms with Gasteiger partial charge in [-0.1, -0.05) is 71.8 Å². The Hall–Kier alpha value is -3.52. The maximum atomic E-state index is 2.51. The molecule has 2 bridgehead atoms. The van der Waals surface area contributed by atoms with Crippen molar-refractivity contribution >= 4 is 11.4 Å². The summed E-state index contributed by atoms with van der Waals surface area (Å²) in [6, 6.07) is 31.6. The zero-order chi connectivity index (χ0) is 20.9. The van der Waals surface area contributed by atoms with E-state index in [2.05, 4.69) is 109 Å². The zero-order valence-corrected chi connectivity index (χ0v) is 18.1. The smallest absolute Gasteiger partial charge is 0.0910 e. The van der Waals surface area contributed by atoms with Gasteiger partial charge in [0.15, 0.2) is 0 Å². The molecule has 2 heterocycles. The Labute approximate surface area is 184 Å². The summed E-state index contributed by atoms with van der Waals surface area (Å²) in [7, 11) is 0. The van der Waals surface area contributed by atoms with Crippen LogP contribution in [-0.4, -0.2) is 6.67 Å². The summed E-state index contributed by atoms with van der Waals surface area (Å²) in [5.41, 5.74) is 13.4. The topological polar surface area (TPSA) is 6.48 Å². The van der Waals surface area contributed by atoms with Gasteiger partial charge in [-0.05, 0) is 71.5 Å². The van der Waals surface area contributed by atoms with Crippen molar-refractivity contribution in [1.29, 1.82) is 0 Å². The van der Waals surface area contributed by atoms with Crippen LogP contribution in [0.3, 0.4) is 0 Å². The van der Waals surface area contributed by atoms with E-state index in [1.54, 1.807) is 0 Å². The minimum absolute atomic E-state index is 0.961. The molecule has 0 radical (unpaired) electrons. The van der Waals surface area contributed by atoms with Gasteiger partial charge in [0, 0.05) is 24.5 Å². The number of hydrogen-bond donors (Lipinski definition) is 0. The normalized spacial score (nSPS) is 14.3. The van der Waals surface area contributed by atoms with E-state index in [0.717, 1.165) is 19.8 Å². The first-order valence-corrected chi connectivity index (χ1v) is 11.0. The number of aryl methyl sites for hydroxylation is 2. The number of anilines is 2. The molecule has 2 nitrogen and oxygen atoms in total. The summed E-state index contributed by atoms with van der Waals surface area (Å²) in [5.74, 6) is 0. The molecule has 0 spiro atoms. The van der Waals surface area contributed by atoms with Crippen molar-refractivity contribution in [3.63, 3.8) is 0 Å². The minimum atomic E-state index is 0.961. The highest BCUT2D eigenvalue weighted by Gasteiger charge is 2.29. The van der Waals surface area contributed by atoms with Gasteiger partial charge in [-0.2, -0.15) is 0 Å². The molecule has 0 unspecified atom stereocenters. The van der Waals surface area contributed by atoms with Crippen molar-refractivity contribution in [2.45, 2.75) is 26.9 Å². The molecule has 4 aromatic rings. The Morgan fingerprint density at radius 1 is 0.484 bits per heavy atom. The molecular formula is C29H26N2. The maximum absolute atomic E-state index is 2.51. The van der Waals surface area contributed by atoms with Crippen molar-refractivity contribution in [1.82, 2.24) is 0 Å². The SMILES string of the molecule is Cc1ccc(-c2ccc3c(c2)CN2CN3Cc3cc(-c4ccc(C)cc4)ccc32)cc1. The first-order valence-electron chi connectivity index (χ1n) is 11.0. The van der Waals surface area contributed by atoms with Crippen LogP contribution in [0, 0.1) is 13.8 Å². The van der Waals surface area contributed by atoms with Gasteiger partial charge in [0.1, 0.15) is 0 Å². The molecule has 2 heteroatoms. The number of fused-ring (bicyclic) bond motifs is 6. The molecule has 2 aliphatic rings. The lowest BCUT2D eigenvalue weighted by Gasteiger charge is -2.45. The van der Waals surface area contributed by atoms with E-state index in [9.17, 15) is 0 Å². The van der Waals surface area contributed by atoms with Crippen molar-refractivity contribution in [3.8, 4) is 22.3 Å². The molecule has 0 atom stereocenters. The van der Waals surface area contributed by atoms with Gasteiger partial charge in [-0.25, -0.2) is 0 Å². The summed E-state index contributed by atoms with van der Waals surface area (Å²) in [6.07, 6.45) is 0. The third-order valence-corrected chi connectivity index (χ3v) is 6.67. The van der Waals surface area contributed by atoms with Gasteiger partial charge in [0.05, 0.1) is 6.67 Å². The van der Waals surface area contributed by atoms with Gasteiger partial charge in [-0.15, -0.1) is 0 Å². The Morgan fingerprint density at radius 3 is 1.29 bits per heavy atom. The highest BCUT2D eigenvalue weighted by Crippen LogP contribution is 2.40. The van der Waals surface area contributed by atoms with Crippen LogP contribution in [0.2, 0.25) is 0 Å². The second kappa shape index (κ2) is 7.02. The number of rotatable bonds is 2. The van der Waals surface area contributed by atoms with Crippen LogP contribution in [0.5, 0.6) is 0 Å². The molecule has 152 valence electrons. The van der Waals surface area contributed by atoms with E-state index in [1.807, 2.05) is 0 Å². The predicted octanol–water partition coefficient (Wildman–Crippen LogP) is 6.94. The van der Waals surface area contributed by atoms with E-state index in [1.165, 1.54) is 55.9 Å². The number of hydrogen-bond acceptors (Lipinski definition) is 2. The molecular weight excluding hydrogens is 376 g/mol. The van der Waals surface area contributed by atoms with Crippen LogP contribution in [0.25, 0.3) is 22.3 Å². The van der Waals surface area contributed by atoms with Crippen molar-refractivity contribution in [2.75, 3.05) is 16.5 Å². The molecule has 0 N–H and O–H groups in total. The zero-order valence-electron chi connectivity index (χ0n) is 18.1. The molecule has 0 aliphatic carbocycles. The fraction of sp³-hybridized carbons (Fsp3) is 0.172. The average Bonchev–Trinajstić information content (AvgIpc) is 2.79. The number of nitrogens with zero attached hydrogens (tertiary/aromatic N) is 2. The Morgan fingerprint density at radius 2 is 0.871 bits per heavy atom. The monoisotopic (exact) mass is 402 g/mol. The maximum Gasteiger partial charge on any atom is 0.0910 e. The second-order valence-electron chi connectivity index (χ2n) is 8.96. The molecule has 0 saturated heterocycles. The Balaban J connectivity index is 1.34. The minimum Gasteiger partial charge on any atom is -0.349 e. The molecule has 4 aromatic carbocycles. The summed E-state index contributed by atoms with van der Waals surface area (Å²) in [6.45, 7) is 7.17. The lowest BCUT2D eigenvalue weighted by atomic mass is 9.95. The first kappa shape index (κ1) is 18.3. The van der Waals surface area contributed by atoms with Crippen molar-refractivity contribution in [3.05, 3.63) is 107 Å². The molecule has 6 rings (SSSR count). The molecule has 0 saturated carbocycles. The van der Waals surface area contributed by atoms with Crippen molar-refractivity contribution in [2.24, 2.45) is 0 Å². The van der Waals surface area contributed by atoms with Crippen LogP contribution in [0.4, 0.5) is 11.4 Å². The summed E-state index contributed by atoms with van der Waals surface area (Å²) >= 11 is 0. The predicted molar refractivity (Wildman–Crippen MR) is 130 cm³/mol. The van der Waals surface area contributed by atoms with Gasteiger partial charge >= 0.3 is 0 Å². The van der Waals surface area contributed by atoms with Gasteiger partial charge in [-0.3, -0.25) is 0 Å². The molecule has 2 aliphatic heterocycles. The standard InChI is InChI=1S/C29H26N2/c1-20-3-7-22(8-4-20)24-11-13-28-26(15-24)17-30-19-31(28)18-27-16-25(12-14-29(27)30)23-9-5-21(2)6-10-23/h3-16H,17-19H2,1-2H3. The van der Waals surface area contributed by atoms with Gasteiger partial charge in [0.2, 0.25) is 0 Å². The third kappa shape index (κ3) is 3.19. The summed E-state index contributed by atoms with van der Waals surface area (Å²) < 4.78 is 0. The quantitative estimate of drug-likeness (QED) is 0.358. The Kier molecular flexibility index (Phi) is 4.14. The molecule has 0 aromatic heterocycles. The highest BCUT2D eigenvalue weighted by molar-refractivity contribution is 5.76. The van der Waals surface area contributed by atoms with E-state index >= 15 is 0 Å². The van der Waals surface area contributed by atoms with Crippen LogP contribution in [0.15, 0.2) is 84.9 Å². The molecule has 31 heavy (non-hydrogen) atoms. The Bertz CT molecular complexity index is 1170.